The Morgan fingerprint density at radius 1 is 1.43 bits per heavy atom. The highest BCUT2D eigenvalue weighted by atomic mass is 32.2. The largest absolute Gasteiger partial charge is 0.460 e. The summed E-state index contributed by atoms with van der Waals surface area (Å²) in [6.45, 7) is 6.16. The van der Waals surface area contributed by atoms with Crippen LogP contribution < -0.4 is 5.73 Å². The molecule has 2 N–H and O–H groups in total. The van der Waals surface area contributed by atoms with Crippen LogP contribution in [0.1, 0.15) is 31.3 Å². The van der Waals surface area contributed by atoms with E-state index in [-0.39, 0.29) is 29.4 Å². The van der Waals surface area contributed by atoms with E-state index in [0.717, 1.165) is 4.31 Å². The van der Waals surface area contributed by atoms with E-state index < -0.39 is 16.0 Å². The van der Waals surface area contributed by atoms with Crippen LogP contribution >= 0.6 is 0 Å². The predicted octanol–water partition coefficient (Wildman–Crippen LogP) is 1.06. The fourth-order valence-corrected chi connectivity index (χ4v) is 2.94. The summed E-state index contributed by atoms with van der Waals surface area (Å²) in [5.41, 5.74) is 5.24. The number of nitrogens with zero attached hydrogens (tertiary/aromatic N) is 1. The Kier molecular flexibility index (Phi) is 5.54. The number of carbonyl (C=O) groups is 1. The SMILES string of the molecule is CCOC(=O)c1ccc(S(=O)(=O)N(C)CC(C)(C)CN)o1. The molecule has 0 bridgehead atoms. The summed E-state index contributed by atoms with van der Waals surface area (Å²) in [5.74, 6) is -0.828. The summed E-state index contributed by atoms with van der Waals surface area (Å²) in [4.78, 5) is 11.5. The van der Waals surface area contributed by atoms with Crippen LogP contribution in [0.5, 0.6) is 0 Å². The molecule has 120 valence electrons. The summed E-state index contributed by atoms with van der Waals surface area (Å²) in [6, 6.07) is 2.53. The Morgan fingerprint density at radius 2 is 2.05 bits per heavy atom. The molecule has 0 aromatic carbocycles. The quantitative estimate of drug-likeness (QED) is 0.754. The van der Waals surface area contributed by atoms with Crippen molar-refractivity contribution in [1.29, 1.82) is 0 Å². The minimum Gasteiger partial charge on any atom is -0.460 e. The summed E-state index contributed by atoms with van der Waals surface area (Å²) >= 11 is 0. The molecule has 0 fully saturated rings. The molecule has 0 saturated carbocycles. The lowest BCUT2D eigenvalue weighted by molar-refractivity contribution is 0.0483. The van der Waals surface area contributed by atoms with Crippen molar-refractivity contribution < 1.29 is 22.4 Å². The van der Waals surface area contributed by atoms with Gasteiger partial charge in [0.1, 0.15) is 0 Å². The van der Waals surface area contributed by atoms with Crippen molar-refractivity contribution in [3.05, 3.63) is 17.9 Å². The lowest BCUT2D eigenvalue weighted by Gasteiger charge is -2.27. The molecule has 0 amide bonds. The molecule has 0 radical (unpaired) electrons. The molecule has 0 saturated heterocycles. The molecule has 1 rings (SSSR count). The molecule has 1 aromatic rings. The lowest BCUT2D eigenvalue weighted by Crippen LogP contribution is -2.39. The molecule has 21 heavy (non-hydrogen) atoms. The van der Waals surface area contributed by atoms with Crippen molar-refractivity contribution in [2.24, 2.45) is 11.1 Å². The molecule has 0 spiro atoms. The fraction of sp³-hybridized carbons (Fsp3) is 0.615. The normalized spacial score (nSPS) is 12.7. The van der Waals surface area contributed by atoms with Gasteiger partial charge in [0.2, 0.25) is 10.9 Å². The molecule has 0 unspecified atom stereocenters. The van der Waals surface area contributed by atoms with E-state index >= 15 is 0 Å². The third-order valence-electron chi connectivity index (χ3n) is 2.93. The van der Waals surface area contributed by atoms with Crippen LogP contribution in [0.4, 0.5) is 0 Å². The van der Waals surface area contributed by atoms with Gasteiger partial charge in [-0.3, -0.25) is 0 Å². The van der Waals surface area contributed by atoms with Gasteiger partial charge in [0.05, 0.1) is 6.61 Å². The zero-order valence-electron chi connectivity index (χ0n) is 12.8. The maximum atomic E-state index is 12.4. The second-order valence-corrected chi connectivity index (χ2v) is 7.44. The smallest absolute Gasteiger partial charge is 0.374 e. The van der Waals surface area contributed by atoms with E-state index in [0.29, 0.717) is 6.54 Å². The Morgan fingerprint density at radius 3 is 2.57 bits per heavy atom. The number of hydrogen-bond donors (Lipinski definition) is 1. The van der Waals surface area contributed by atoms with Crippen molar-refractivity contribution in [1.82, 2.24) is 4.31 Å². The van der Waals surface area contributed by atoms with Gasteiger partial charge in [-0.2, -0.15) is 4.31 Å². The van der Waals surface area contributed by atoms with Crippen LogP contribution in [0.25, 0.3) is 0 Å². The van der Waals surface area contributed by atoms with E-state index in [1.54, 1.807) is 6.92 Å². The van der Waals surface area contributed by atoms with Crippen molar-refractivity contribution >= 4 is 16.0 Å². The minimum absolute atomic E-state index is 0.137. The molecule has 0 aliphatic rings. The highest BCUT2D eigenvalue weighted by Gasteiger charge is 2.30. The van der Waals surface area contributed by atoms with Crippen molar-refractivity contribution in [3.8, 4) is 0 Å². The van der Waals surface area contributed by atoms with Crippen LogP contribution in [-0.2, 0) is 14.8 Å². The van der Waals surface area contributed by atoms with Crippen LogP contribution in [0, 0.1) is 5.41 Å². The first-order chi connectivity index (χ1) is 9.64. The first-order valence-corrected chi connectivity index (χ1v) is 8.01. The van der Waals surface area contributed by atoms with Crippen LogP contribution in [0.3, 0.4) is 0 Å². The second-order valence-electron chi connectivity index (χ2n) is 5.47. The van der Waals surface area contributed by atoms with E-state index in [1.165, 1.54) is 19.2 Å². The Labute approximate surface area is 125 Å². The molecule has 0 aliphatic carbocycles. The Hall–Kier alpha value is -1.38. The van der Waals surface area contributed by atoms with Crippen LogP contribution in [0.2, 0.25) is 0 Å². The summed E-state index contributed by atoms with van der Waals surface area (Å²) in [6.07, 6.45) is 0. The molecule has 8 heteroatoms. The average molecular weight is 318 g/mol. The summed E-state index contributed by atoms with van der Waals surface area (Å²) in [5, 5.41) is -0.291. The summed E-state index contributed by atoms with van der Waals surface area (Å²) < 4.78 is 35.7. The number of nitrogens with two attached hydrogens (primary N) is 1. The van der Waals surface area contributed by atoms with Gasteiger partial charge in [-0.25, -0.2) is 13.2 Å². The Bertz CT molecular complexity index is 591. The number of hydrogen-bond acceptors (Lipinski definition) is 6. The monoisotopic (exact) mass is 318 g/mol. The van der Waals surface area contributed by atoms with Crippen LogP contribution in [-0.4, -0.2) is 45.4 Å². The maximum Gasteiger partial charge on any atom is 0.374 e. The van der Waals surface area contributed by atoms with Gasteiger partial charge in [0, 0.05) is 13.6 Å². The highest BCUT2D eigenvalue weighted by Crippen LogP contribution is 2.22. The first-order valence-electron chi connectivity index (χ1n) is 6.57. The van der Waals surface area contributed by atoms with Gasteiger partial charge in [0.25, 0.3) is 10.0 Å². The van der Waals surface area contributed by atoms with E-state index in [9.17, 15) is 13.2 Å². The number of esters is 1. The third-order valence-corrected chi connectivity index (χ3v) is 4.60. The van der Waals surface area contributed by atoms with Crippen LogP contribution in [0.15, 0.2) is 21.6 Å². The van der Waals surface area contributed by atoms with Crippen molar-refractivity contribution in [3.63, 3.8) is 0 Å². The van der Waals surface area contributed by atoms with Crippen molar-refractivity contribution in [2.75, 3.05) is 26.7 Å². The predicted molar refractivity (Wildman–Crippen MR) is 77.3 cm³/mol. The average Bonchev–Trinajstić information content (AvgIpc) is 2.88. The van der Waals surface area contributed by atoms with Gasteiger partial charge < -0.3 is 14.9 Å². The molecule has 7 nitrogen and oxygen atoms in total. The van der Waals surface area contributed by atoms with Gasteiger partial charge in [-0.05, 0) is 31.0 Å². The van der Waals surface area contributed by atoms with Gasteiger partial charge in [-0.15, -0.1) is 0 Å². The zero-order valence-corrected chi connectivity index (χ0v) is 13.6. The molecule has 0 aliphatic heterocycles. The summed E-state index contributed by atoms with van der Waals surface area (Å²) in [7, 11) is -2.36. The third kappa shape index (κ3) is 4.29. The molecule has 1 aromatic heterocycles. The van der Waals surface area contributed by atoms with Gasteiger partial charge in [0.15, 0.2) is 0 Å². The van der Waals surface area contributed by atoms with Crippen molar-refractivity contribution in [2.45, 2.75) is 25.9 Å². The minimum atomic E-state index is -3.81. The first kappa shape index (κ1) is 17.7. The number of sulfonamides is 1. The molecule has 0 atom stereocenters. The maximum absolute atomic E-state index is 12.4. The van der Waals surface area contributed by atoms with E-state index in [1.807, 2.05) is 13.8 Å². The molecule has 1 heterocycles. The standard InChI is InChI=1S/C13H22N2O5S/c1-5-19-12(16)10-6-7-11(20-10)21(17,18)15(4)9-13(2,3)8-14/h6-7H,5,8-9,14H2,1-4H3. The molecular formula is C13H22N2O5S. The number of carbonyl (C=O) groups excluding carboxylic acids is 1. The number of furan rings is 1. The van der Waals surface area contributed by atoms with Gasteiger partial charge in [-0.1, -0.05) is 13.8 Å². The van der Waals surface area contributed by atoms with E-state index in [2.05, 4.69) is 0 Å². The number of rotatable bonds is 7. The lowest BCUT2D eigenvalue weighted by atomic mass is 9.94. The molecular weight excluding hydrogens is 296 g/mol. The topological polar surface area (TPSA) is 103 Å². The Balaban J connectivity index is 2.96. The zero-order chi connectivity index (χ0) is 16.3. The fourth-order valence-electron chi connectivity index (χ4n) is 1.68. The van der Waals surface area contributed by atoms with Gasteiger partial charge >= 0.3 is 5.97 Å². The number of ether oxygens (including phenoxy) is 1. The van der Waals surface area contributed by atoms with E-state index in [4.69, 9.17) is 14.9 Å². The highest BCUT2D eigenvalue weighted by molar-refractivity contribution is 7.89. The second kappa shape index (κ2) is 6.59.